The minimum Gasteiger partial charge on any atom is -0.489 e. The Labute approximate surface area is 205 Å². The number of hydrogen-bond donors (Lipinski definition) is 2. The molecule has 1 atom stereocenters. The highest BCUT2D eigenvalue weighted by atomic mass is 127. The number of nitrogens with one attached hydrogen (secondary N) is 2. The van der Waals surface area contributed by atoms with Crippen LogP contribution in [0.25, 0.3) is 0 Å². The van der Waals surface area contributed by atoms with E-state index in [1.165, 1.54) is 12.1 Å². The number of aromatic nitrogens is 1. The number of aliphatic imine (C=N–C) groups is 1. The van der Waals surface area contributed by atoms with Gasteiger partial charge in [0.15, 0.2) is 5.96 Å². The Hall–Kier alpha value is -2.88. The van der Waals surface area contributed by atoms with Gasteiger partial charge in [0.2, 0.25) is 0 Å². The molecule has 1 unspecified atom stereocenters. The Bertz CT molecular complexity index is 971. The first-order chi connectivity index (χ1) is 15.1. The van der Waals surface area contributed by atoms with E-state index in [9.17, 15) is 4.39 Å². The maximum atomic E-state index is 13.3. The van der Waals surface area contributed by atoms with Crippen molar-refractivity contribution in [3.8, 4) is 11.5 Å². The van der Waals surface area contributed by atoms with E-state index in [4.69, 9.17) is 9.47 Å². The Balaban J connectivity index is 0.00000363. The molecule has 170 valence electrons. The van der Waals surface area contributed by atoms with Crippen molar-refractivity contribution in [3.05, 3.63) is 90.0 Å². The molecule has 0 aliphatic carbocycles. The van der Waals surface area contributed by atoms with E-state index in [1.54, 1.807) is 25.4 Å². The van der Waals surface area contributed by atoms with Crippen molar-refractivity contribution in [2.45, 2.75) is 26.2 Å². The highest BCUT2D eigenvalue weighted by molar-refractivity contribution is 14.0. The first kappa shape index (κ1) is 25.4. The predicted octanol–water partition coefficient (Wildman–Crippen LogP) is 4.55. The van der Waals surface area contributed by atoms with Crippen LogP contribution in [0.4, 0.5) is 4.39 Å². The van der Waals surface area contributed by atoms with Gasteiger partial charge in [-0.05, 0) is 48.9 Å². The zero-order valence-corrected chi connectivity index (χ0v) is 20.5. The average molecular weight is 550 g/mol. The van der Waals surface area contributed by atoms with Gasteiger partial charge in [-0.1, -0.05) is 24.3 Å². The topological polar surface area (TPSA) is 67.8 Å². The van der Waals surface area contributed by atoms with Crippen molar-refractivity contribution < 1.29 is 13.9 Å². The second kappa shape index (κ2) is 13.5. The molecule has 3 rings (SSSR count). The predicted molar refractivity (Wildman–Crippen MR) is 135 cm³/mol. The van der Waals surface area contributed by atoms with Crippen molar-refractivity contribution in [1.82, 2.24) is 15.6 Å². The highest BCUT2D eigenvalue weighted by Gasteiger charge is 2.07. The molecule has 3 aromatic rings. The third-order valence-electron chi connectivity index (χ3n) is 4.41. The van der Waals surface area contributed by atoms with Gasteiger partial charge >= 0.3 is 0 Å². The van der Waals surface area contributed by atoms with Crippen LogP contribution in [-0.2, 0) is 13.2 Å². The lowest BCUT2D eigenvalue weighted by molar-refractivity contribution is 0.223. The molecule has 0 amide bonds. The molecule has 0 aliphatic heterocycles. The first-order valence-electron chi connectivity index (χ1n) is 10.1. The normalized spacial score (nSPS) is 11.8. The molecule has 8 heteroatoms. The number of nitrogens with zero attached hydrogens (tertiary/aromatic N) is 2. The van der Waals surface area contributed by atoms with Gasteiger partial charge in [-0.2, -0.15) is 0 Å². The van der Waals surface area contributed by atoms with Crippen LogP contribution in [0, 0.1) is 5.82 Å². The summed E-state index contributed by atoms with van der Waals surface area (Å²) in [5.41, 5.74) is 1.98. The summed E-state index contributed by atoms with van der Waals surface area (Å²) in [5.74, 6) is 1.64. The lowest BCUT2D eigenvalue weighted by Crippen LogP contribution is -2.41. The Morgan fingerprint density at radius 3 is 2.53 bits per heavy atom. The summed E-state index contributed by atoms with van der Waals surface area (Å²) < 4.78 is 24.7. The minimum atomic E-state index is -0.316. The summed E-state index contributed by atoms with van der Waals surface area (Å²) >= 11 is 0. The molecule has 0 aliphatic rings. The smallest absolute Gasteiger partial charge is 0.191 e. The van der Waals surface area contributed by atoms with E-state index in [2.05, 4.69) is 20.6 Å². The van der Waals surface area contributed by atoms with Crippen LogP contribution in [0.2, 0.25) is 0 Å². The third kappa shape index (κ3) is 8.70. The Morgan fingerprint density at radius 1 is 1.03 bits per heavy atom. The molecule has 1 heterocycles. The molecule has 0 saturated heterocycles. The third-order valence-corrected chi connectivity index (χ3v) is 4.41. The zero-order chi connectivity index (χ0) is 21.9. The van der Waals surface area contributed by atoms with Crippen molar-refractivity contribution in [2.24, 2.45) is 4.99 Å². The number of guanidine groups is 1. The molecule has 1 aromatic heterocycles. The summed E-state index contributed by atoms with van der Waals surface area (Å²) in [7, 11) is 1.71. The van der Waals surface area contributed by atoms with E-state index in [-0.39, 0.29) is 35.9 Å². The summed E-state index contributed by atoms with van der Waals surface area (Å²) in [6.45, 7) is 3.48. The molecule has 0 saturated carbocycles. The van der Waals surface area contributed by atoms with Gasteiger partial charge in [0.05, 0.1) is 12.2 Å². The van der Waals surface area contributed by atoms with Gasteiger partial charge in [0.25, 0.3) is 0 Å². The monoisotopic (exact) mass is 550 g/mol. The number of halogens is 2. The first-order valence-corrected chi connectivity index (χ1v) is 10.1. The van der Waals surface area contributed by atoms with E-state index in [0.717, 1.165) is 17.0 Å². The number of pyridine rings is 1. The fraction of sp³-hybridized carbons (Fsp3) is 0.250. The molecule has 32 heavy (non-hydrogen) atoms. The van der Waals surface area contributed by atoms with Crippen LogP contribution in [0.15, 0.2) is 77.9 Å². The average Bonchev–Trinajstić information content (AvgIpc) is 2.79. The van der Waals surface area contributed by atoms with Crippen molar-refractivity contribution >= 4 is 29.9 Å². The number of benzene rings is 2. The molecular weight excluding hydrogens is 522 g/mol. The van der Waals surface area contributed by atoms with E-state index < -0.39 is 0 Å². The quantitative estimate of drug-likeness (QED) is 0.233. The van der Waals surface area contributed by atoms with E-state index >= 15 is 0 Å². The molecule has 0 fully saturated rings. The Kier molecular flexibility index (Phi) is 10.7. The summed E-state index contributed by atoms with van der Waals surface area (Å²) in [6.07, 6.45) is 1.60. The molecular formula is C24H28FIN4O2. The lowest BCUT2D eigenvalue weighted by Gasteiger charge is -2.18. The largest absolute Gasteiger partial charge is 0.489 e. The van der Waals surface area contributed by atoms with Crippen molar-refractivity contribution in [3.63, 3.8) is 0 Å². The number of ether oxygens (including phenoxy) is 2. The van der Waals surface area contributed by atoms with Crippen molar-refractivity contribution in [2.75, 3.05) is 13.6 Å². The van der Waals surface area contributed by atoms with Gasteiger partial charge in [0.1, 0.15) is 30.0 Å². The second-order valence-corrected chi connectivity index (χ2v) is 6.95. The van der Waals surface area contributed by atoms with Gasteiger partial charge < -0.3 is 20.1 Å². The molecule has 0 spiro atoms. The SMILES string of the molecule is CN=C(NCc1ccc(OCc2ccccn2)cc1)NCC(C)Oc1cccc(F)c1.I. The van der Waals surface area contributed by atoms with Crippen LogP contribution in [0.5, 0.6) is 11.5 Å². The zero-order valence-electron chi connectivity index (χ0n) is 18.1. The fourth-order valence-corrected chi connectivity index (χ4v) is 2.81. The van der Waals surface area contributed by atoms with Crippen LogP contribution < -0.4 is 20.1 Å². The fourth-order valence-electron chi connectivity index (χ4n) is 2.81. The molecule has 2 N–H and O–H groups in total. The second-order valence-electron chi connectivity index (χ2n) is 6.95. The highest BCUT2D eigenvalue weighted by Crippen LogP contribution is 2.14. The maximum Gasteiger partial charge on any atom is 0.191 e. The van der Waals surface area contributed by atoms with E-state index in [0.29, 0.717) is 31.4 Å². The molecule has 6 nitrogen and oxygen atoms in total. The number of rotatable bonds is 9. The minimum absolute atomic E-state index is 0. The van der Waals surface area contributed by atoms with Crippen LogP contribution in [0.3, 0.4) is 0 Å². The molecule has 0 radical (unpaired) electrons. The maximum absolute atomic E-state index is 13.3. The molecule has 2 aromatic carbocycles. The van der Waals surface area contributed by atoms with E-state index in [1.807, 2.05) is 49.4 Å². The Morgan fingerprint density at radius 2 is 1.84 bits per heavy atom. The van der Waals surface area contributed by atoms with Gasteiger partial charge in [-0.15, -0.1) is 24.0 Å². The van der Waals surface area contributed by atoms with Gasteiger partial charge in [0, 0.05) is 25.9 Å². The summed E-state index contributed by atoms with van der Waals surface area (Å²) in [4.78, 5) is 8.47. The van der Waals surface area contributed by atoms with Crippen LogP contribution in [-0.4, -0.2) is 30.6 Å². The molecule has 0 bridgehead atoms. The standard InChI is InChI=1S/C24H27FN4O2.HI/c1-18(31-23-8-5-6-20(25)14-23)15-28-24(26-2)29-16-19-9-11-22(12-10-19)30-17-21-7-3-4-13-27-21;/h3-14,18H,15-17H2,1-2H3,(H2,26,28,29);1H. The summed E-state index contributed by atoms with van der Waals surface area (Å²) in [6, 6.07) is 19.7. The lowest BCUT2D eigenvalue weighted by atomic mass is 10.2. The van der Waals surface area contributed by atoms with Gasteiger partial charge in [-0.3, -0.25) is 9.98 Å². The van der Waals surface area contributed by atoms with Gasteiger partial charge in [-0.25, -0.2) is 4.39 Å². The van der Waals surface area contributed by atoms with Crippen LogP contribution in [0.1, 0.15) is 18.2 Å². The number of hydrogen-bond acceptors (Lipinski definition) is 4. The summed E-state index contributed by atoms with van der Waals surface area (Å²) in [5, 5.41) is 6.48. The van der Waals surface area contributed by atoms with Crippen LogP contribution >= 0.6 is 24.0 Å². The van der Waals surface area contributed by atoms with Crippen molar-refractivity contribution in [1.29, 1.82) is 0 Å².